The largest absolute Gasteiger partial charge is 0.454 e. The molecule has 1 aromatic carbocycles. The molecule has 0 radical (unpaired) electrons. The summed E-state index contributed by atoms with van der Waals surface area (Å²) in [5.74, 6) is 1.34. The minimum atomic E-state index is -3.26. The van der Waals surface area contributed by atoms with Crippen molar-refractivity contribution in [2.75, 3.05) is 26.1 Å². The molecule has 0 spiro atoms. The van der Waals surface area contributed by atoms with Gasteiger partial charge >= 0.3 is 0 Å². The predicted octanol–water partition coefficient (Wildman–Crippen LogP) is 0.502. The van der Waals surface area contributed by atoms with Gasteiger partial charge in [0.15, 0.2) is 11.5 Å². The standard InChI is InChI=1S/C15H20N2O5S/c1-23(19,20)17-7-4-14(18)16-9-15(5-6-15)11-2-3-12-13(8-11)22-10-21-12/h2-3,8,17H,4-7,9-10H2,1H3,(H,16,18). The van der Waals surface area contributed by atoms with Gasteiger partial charge in [-0.1, -0.05) is 6.07 Å². The monoisotopic (exact) mass is 340 g/mol. The van der Waals surface area contributed by atoms with Crippen molar-refractivity contribution in [2.45, 2.75) is 24.7 Å². The molecule has 1 saturated carbocycles. The van der Waals surface area contributed by atoms with Crippen molar-refractivity contribution >= 4 is 15.9 Å². The number of hydrogen-bond acceptors (Lipinski definition) is 5. The van der Waals surface area contributed by atoms with Crippen LogP contribution in [0.25, 0.3) is 0 Å². The van der Waals surface area contributed by atoms with Crippen LogP contribution in [0.1, 0.15) is 24.8 Å². The Kier molecular flexibility index (Phi) is 4.20. The zero-order valence-electron chi connectivity index (χ0n) is 12.9. The van der Waals surface area contributed by atoms with Gasteiger partial charge in [-0.05, 0) is 30.5 Å². The van der Waals surface area contributed by atoms with Crippen LogP contribution in [0.5, 0.6) is 11.5 Å². The Morgan fingerprint density at radius 1 is 1.26 bits per heavy atom. The maximum absolute atomic E-state index is 11.8. The number of rotatable bonds is 7. The number of nitrogens with one attached hydrogen (secondary N) is 2. The van der Waals surface area contributed by atoms with Gasteiger partial charge in [-0.2, -0.15) is 0 Å². The summed E-state index contributed by atoms with van der Waals surface area (Å²) < 4.78 is 34.9. The Labute approximate surface area is 135 Å². The summed E-state index contributed by atoms with van der Waals surface area (Å²) in [5.41, 5.74) is 1.09. The van der Waals surface area contributed by atoms with Crippen molar-refractivity contribution in [1.29, 1.82) is 0 Å². The lowest BCUT2D eigenvalue weighted by Crippen LogP contribution is -2.34. The zero-order chi connectivity index (χ0) is 16.5. The predicted molar refractivity (Wildman–Crippen MR) is 84.0 cm³/mol. The van der Waals surface area contributed by atoms with E-state index in [1.807, 2.05) is 18.2 Å². The smallest absolute Gasteiger partial charge is 0.231 e. The fourth-order valence-corrected chi connectivity index (χ4v) is 3.12. The van der Waals surface area contributed by atoms with E-state index in [-0.39, 0.29) is 31.1 Å². The summed E-state index contributed by atoms with van der Waals surface area (Å²) in [7, 11) is -3.26. The topological polar surface area (TPSA) is 93.7 Å². The quantitative estimate of drug-likeness (QED) is 0.754. The SMILES string of the molecule is CS(=O)(=O)NCCC(=O)NCC1(c2ccc3c(c2)OCO3)CC1. The first-order valence-corrected chi connectivity index (χ1v) is 9.39. The number of ether oxygens (including phenoxy) is 2. The van der Waals surface area contributed by atoms with E-state index in [0.29, 0.717) is 6.54 Å². The second kappa shape index (κ2) is 6.01. The summed E-state index contributed by atoms with van der Waals surface area (Å²) in [6.07, 6.45) is 3.22. The minimum Gasteiger partial charge on any atom is -0.454 e. The first-order chi connectivity index (χ1) is 10.9. The Bertz CT molecular complexity index is 713. The van der Waals surface area contributed by atoms with Crippen LogP contribution in [0, 0.1) is 0 Å². The van der Waals surface area contributed by atoms with Gasteiger partial charge in [-0.3, -0.25) is 4.79 Å². The number of amides is 1. The van der Waals surface area contributed by atoms with Crippen LogP contribution in [0.2, 0.25) is 0 Å². The van der Waals surface area contributed by atoms with E-state index in [4.69, 9.17) is 9.47 Å². The van der Waals surface area contributed by atoms with E-state index in [9.17, 15) is 13.2 Å². The number of carbonyl (C=O) groups is 1. The van der Waals surface area contributed by atoms with Gasteiger partial charge in [-0.15, -0.1) is 0 Å². The molecule has 1 aromatic rings. The van der Waals surface area contributed by atoms with E-state index < -0.39 is 10.0 Å². The molecule has 2 N–H and O–H groups in total. The molecule has 0 aromatic heterocycles. The van der Waals surface area contributed by atoms with E-state index in [1.54, 1.807) is 0 Å². The molecule has 7 nitrogen and oxygen atoms in total. The highest BCUT2D eigenvalue weighted by molar-refractivity contribution is 7.88. The average Bonchev–Trinajstić information content (AvgIpc) is 3.13. The number of hydrogen-bond donors (Lipinski definition) is 2. The van der Waals surface area contributed by atoms with E-state index in [2.05, 4.69) is 10.0 Å². The molecule has 0 saturated heterocycles. The summed E-state index contributed by atoms with van der Waals surface area (Å²) >= 11 is 0. The molecule has 23 heavy (non-hydrogen) atoms. The van der Waals surface area contributed by atoms with E-state index in [0.717, 1.165) is 36.2 Å². The Hall–Kier alpha value is -1.80. The number of sulfonamides is 1. The lowest BCUT2D eigenvalue weighted by molar-refractivity contribution is -0.121. The minimum absolute atomic E-state index is 0.0408. The summed E-state index contributed by atoms with van der Waals surface area (Å²) in [5, 5.41) is 2.89. The second-order valence-electron chi connectivity index (χ2n) is 6.04. The lowest BCUT2D eigenvalue weighted by atomic mass is 9.95. The van der Waals surface area contributed by atoms with Crippen LogP contribution in [0.15, 0.2) is 18.2 Å². The average molecular weight is 340 g/mol. The van der Waals surface area contributed by atoms with Crippen molar-refractivity contribution in [3.05, 3.63) is 23.8 Å². The van der Waals surface area contributed by atoms with Crippen LogP contribution >= 0.6 is 0 Å². The number of benzene rings is 1. The fraction of sp³-hybridized carbons (Fsp3) is 0.533. The Morgan fingerprint density at radius 3 is 2.70 bits per heavy atom. The van der Waals surface area contributed by atoms with Crippen molar-refractivity contribution in [2.24, 2.45) is 0 Å². The van der Waals surface area contributed by atoms with E-state index >= 15 is 0 Å². The first kappa shape index (κ1) is 16.1. The van der Waals surface area contributed by atoms with Gasteiger partial charge in [0.25, 0.3) is 0 Å². The third-order valence-electron chi connectivity index (χ3n) is 4.18. The van der Waals surface area contributed by atoms with Crippen LogP contribution in [-0.2, 0) is 20.2 Å². The molecule has 8 heteroatoms. The molecular formula is C15H20N2O5S. The maximum atomic E-state index is 11.8. The first-order valence-electron chi connectivity index (χ1n) is 7.49. The highest BCUT2D eigenvalue weighted by Gasteiger charge is 2.44. The normalized spacial score (nSPS) is 17.8. The van der Waals surface area contributed by atoms with Crippen LogP contribution in [0.4, 0.5) is 0 Å². The highest BCUT2D eigenvalue weighted by Crippen LogP contribution is 2.49. The molecule has 0 bridgehead atoms. The van der Waals surface area contributed by atoms with Crippen molar-refractivity contribution in [3.8, 4) is 11.5 Å². The molecule has 2 aliphatic rings. The molecule has 3 rings (SSSR count). The van der Waals surface area contributed by atoms with Gasteiger partial charge in [0.1, 0.15) is 0 Å². The highest BCUT2D eigenvalue weighted by atomic mass is 32.2. The number of carbonyl (C=O) groups excluding carboxylic acids is 1. The van der Waals surface area contributed by atoms with Gasteiger partial charge in [0.2, 0.25) is 22.7 Å². The fourth-order valence-electron chi connectivity index (χ4n) is 2.65. The Balaban J connectivity index is 1.52. The third-order valence-corrected chi connectivity index (χ3v) is 4.91. The molecular weight excluding hydrogens is 320 g/mol. The molecule has 1 heterocycles. The van der Waals surface area contributed by atoms with Gasteiger partial charge < -0.3 is 14.8 Å². The molecule has 0 unspecified atom stereocenters. The molecule has 1 aliphatic heterocycles. The summed E-state index contributed by atoms with van der Waals surface area (Å²) in [6.45, 7) is 0.905. The van der Waals surface area contributed by atoms with Gasteiger partial charge in [-0.25, -0.2) is 13.1 Å². The van der Waals surface area contributed by atoms with Crippen LogP contribution in [-0.4, -0.2) is 40.5 Å². The third kappa shape index (κ3) is 3.94. The molecule has 126 valence electrons. The zero-order valence-corrected chi connectivity index (χ0v) is 13.7. The van der Waals surface area contributed by atoms with Crippen molar-refractivity contribution in [3.63, 3.8) is 0 Å². The van der Waals surface area contributed by atoms with Crippen LogP contribution in [0.3, 0.4) is 0 Å². The molecule has 1 fully saturated rings. The van der Waals surface area contributed by atoms with Crippen molar-refractivity contribution < 1.29 is 22.7 Å². The number of fused-ring (bicyclic) bond motifs is 1. The van der Waals surface area contributed by atoms with Gasteiger partial charge in [0, 0.05) is 24.9 Å². The second-order valence-corrected chi connectivity index (χ2v) is 7.87. The van der Waals surface area contributed by atoms with Crippen LogP contribution < -0.4 is 19.5 Å². The molecule has 1 aliphatic carbocycles. The lowest BCUT2D eigenvalue weighted by Gasteiger charge is -2.17. The summed E-state index contributed by atoms with van der Waals surface area (Å²) in [4.78, 5) is 11.8. The molecule has 1 amide bonds. The van der Waals surface area contributed by atoms with Gasteiger partial charge in [0.05, 0.1) is 6.26 Å². The Morgan fingerprint density at radius 2 is 2.00 bits per heavy atom. The van der Waals surface area contributed by atoms with E-state index in [1.165, 1.54) is 0 Å². The maximum Gasteiger partial charge on any atom is 0.231 e. The summed E-state index contributed by atoms with van der Waals surface area (Å²) in [6, 6.07) is 5.89. The van der Waals surface area contributed by atoms with Crippen molar-refractivity contribution in [1.82, 2.24) is 10.0 Å². The molecule has 0 atom stereocenters.